The summed E-state index contributed by atoms with van der Waals surface area (Å²) in [6.07, 6.45) is -9.17. The summed E-state index contributed by atoms with van der Waals surface area (Å²) >= 11 is 0. The number of rotatable bonds is 4. The molecule has 0 aliphatic heterocycles. The molecule has 0 saturated carbocycles. The summed E-state index contributed by atoms with van der Waals surface area (Å²) < 4.78 is 81.5. The lowest BCUT2D eigenvalue weighted by atomic mass is 10.0. The molecule has 1 N–H and O–H groups in total. The minimum atomic E-state index is -4.64. The van der Waals surface area contributed by atoms with Crippen LogP contribution >= 0.6 is 0 Å². The van der Waals surface area contributed by atoms with Gasteiger partial charge in [-0.05, 0) is 41.5 Å². The van der Waals surface area contributed by atoms with E-state index in [9.17, 15) is 26.3 Å². The monoisotopic (exact) mass is 350 g/mol. The standard InChI is InChI=1S/C16H12F6O2/c17-15(18,19)12-3-1-10(2-4-12)11-7-13(16(20,21)22)9-14(8-11)24-6-5-23/h1-4,7-9,23H,5-6H2. The van der Waals surface area contributed by atoms with Crippen molar-refractivity contribution in [1.82, 2.24) is 0 Å². The predicted octanol–water partition coefficient (Wildman–Crippen LogP) is 4.76. The molecule has 0 bridgehead atoms. The highest BCUT2D eigenvalue weighted by molar-refractivity contribution is 5.66. The number of ether oxygens (including phenoxy) is 1. The smallest absolute Gasteiger partial charge is 0.416 e. The quantitative estimate of drug-likeness (QED) is 0.806. The molecule has 2 aromatic carbocycles. The van der Waals surface area contributed by atoms with Crippen LogP contribution in [0.5, 0.6) is 5.75 Å². The van der Waals surface area contributed by atoms with Gasteiger partial charge in [0.15, 0.2) is 0 Å². The van der Waals surface area contributed by atoms with E-state index in [4.69, 9.17) is 9.84 Å². The molecule has 24 heavy (non-hydrogen) atoms. The van der Waals surface area contributed by atoms with Gasteiger partial charge in [0, 0.05) is 0 Å². The van der Waals surface area contributed by atoms with Gasteiger partial charge >= 0.3 is 12.4 Å². The lowest BCUT2D eigenvalue weighted by molar-refractivity contribution is -0.138. The van der Waals surface area contributed by atoms with Crippen molar-refractivity contribution in [1.29, 1.82) is 0 Å². The van der Waals surface area contributed by atoms with Gasteiger partial charge in [0.1, 0.15) is 12.4 Å². The van der Waals surface area contributed by atoms with Gasteiger partial charge in [-0.2, -0.15) is 26.3 Å². The predicted molar refractivity (Wildman–Crippen MR) is 74.5 cm³/mol. The summed E-state index contributed by atoms with van der Waals surface area (Å²) in [6.45, 7) is -0.584. The molecular weight excluding hydrogens is 338 g/mol. The Bertz CT molecular complexity index is 689. The van der Waals surface area contributed by atoms with Crippen LogP contribution in [-0.2, 0) is 12.4 Å². The van der Waals surface area contributed by atoms with Crippen LogP contribution in [0.4, 0.5) is 26.3 Å². The summed E-state index contributed by atoms with van der Waals surface area (Å²) in [5.41, 5.74) is -1.64. The van der Waals surface area contributed by atoms with E-state index in [2.05, 4.69) is 0 Å². The van der Waals surface area contributed by atoms with Crippen molar-refractivity contribution in [3.63, 3.8) is 0 Å². The van der Waals surface area contributed by atoms with E-state index in [1.54, 1.807) is 0 Å². The van der Waals surface area contributed by atoms with Crippen molar-refractivity contribution < 1.29 is 36.2 Å². The molecule has 0 aliphatic rings. The lowest BCUT2D eigenvalue weighted by Gasteiger charge is -2.13. The zero-order valence-corrected chi connectivity index (χ0v) is 12.1. The molecule has 0 amide bonds. The Labute approximate surface area is 133 Å². The van der Waals surface area contributed by atoms with E-state index in [0.29, 0.717) is 0 Å². The van der Waals surface area contributed by atoms with Crippen molar-refractivity contribution in [2.24, 2.45) is 0 Å². The Hall–Kier alpha value is -2.22. The maximum absolute atomic E-state index is 13.0. The van der Waals surface area contributed by atoms with Crippen molar-refractivity contribution in [3.05, 3.63) is 53.6 Å². The maximum atomic E-state index is 13.0. The maximum Gasteiger partial charge on any atom is 0.416 e. The molecule has 0 aromatic heterocycles. The Morgan fingerprint density at radius 2 is 1.33 bits per heavy atom. The molecule has 0 aliphatic carbocycles. The normalized spacial score (nSPS) is 12.3. The molecule has 2 nitrogen and oxygen atoms in total. The first-order valence-corrected chi connectivity index (χ1v) is 6.75. The van der Waals surface area contributed by atoms with Crippen LogP contribution in [0.2, 0.25) is 0 Å². The molecule has 8 heteroatoms. The summed E-state index contributed by atoms with van der Waals surface area (Å²) in [5, 5.41) is 8.70. The zero-order chi connectivity index (χ0) is 18.0. The van der Waals surface area contributed by atoms with Crippen LogP contribution in [0.3, 0.4) is 0 Å². The average molecular weight is 350 g/mol. The summed E-state index contributed by atoms with van der Waals surface area (Å²) in [4.78, 5) is 0. The Kier molecular flexibility index (Phi) is 5.08. The largest absolute Gasteiger partial charge is 0.491 e. The number of hydrogen-bond donors (Lipinski definition) is 1. The third-order valence-electron chi connectivity index (χ3n) is 3.14. The van der Waals surface area contributed by atoms with Crippen molar-refractivity contribution in [2.75, 3.05) is 13.2 Å². The van der Waals surface area contributed by atoms with Crippen LogP contribution in [0.15, 0.2) is 42.5 Å². The molecule has 0 saturated heterocycles. The van der Waals surface area contributed by atoms with E-state index in [-0.39, 0.29) is 30.1 Å². The van der Waals surface area contributed by atoms with Crippen LogP contribution in [-0.4, -0.2) is 18.3 Å². The highest BCUT2D eigenvalue weighted by Gasteiger charge is 2.32. The van der Waals surface area contributed by atoms with E-state index < -0.39 is 23.5 Å². The first-order valence-electron chi connectivity index (χ1n) is 6.75. The summed E-state index contributed by atoms with van der Waals surface area (Å²) in [6, 6.07) is 6.64. The third-order valence-corrected chi connectivity index (χ3v) is 3.14. The molecule has 2 aromatic rings. The molecule has 0 heterocycles. The average Bonchev–Trinajstić information content (AvgIpc) is 2.51. The number of halogens is 6. The van der Waals surface area contributed by atoms with Crippen molar-refractivity contribution in [3.8, 4) is 16.9 Å². The van der Waals surface area contributed by atoms with Gasteiger partial charge in [0.2, 0.25) is 0 Å². The van der Waals surface area contributed by atoms with Crippen LogP contribution in [0.25, 0.3) is 11.1 Å². The lowest BCUT2D eigenvalue weighted by Crippen LogP contribution is -2.07. The number of alkyl halides is 6. The Morgan fingerprint density at radius 1 is 0.750 bits per heavy atom. The van der Waals surface area contributed by atoms with E-state index in [1.165, 1.54) is 6.07 Å². The Morgan fingerprint density at radius 3 is 1.83 bits per heavy atom. The molecule has 0 radical (unpaired) electrons. The minimum absolute atomic E-state index is 0.0616. The van der Waals surface area contributed by atoms with Gasteiger partial charge in [-0.3, -0.25) is 0 Å². The second-order valence-electron chi connectivity index (χ2n) is 4.89. The van der Waals surface area contributed by atoms with Gasteiger partial charge in [-0.25, -0.2) is 0 Å². The topological polar surface area (TPSA) is 29.5 Å². The van der Waals surface area contributed by atoms with Crippen molar-refractivity contribution >= 4 is 0 Å². The highest BCUT2D eigenvalue weighted by atomic mass is 19.4. The van der Waals surface area contributed by atoms with Gasteiger partial charge in [0.25, 0.3) is 0 Å². The second kappa shape index (κ2) is 6.72. The molecule has 0 unspecified atom stereocenters. The van der Waals surface area contributed by atoms with Crippen molar-refractivity contribution in [2.45, 2.75) is 12.4 Å². The van der Waals surface area contributed by atoms with E-state index in [1.807, 2.05) is 0 Å². The fourth-order valence-electron chi connectivity index (χ4n) is 2.03. The van der Waals surface area contributed by atoms with Gasteiger partial charge < -0.3 is 9.84 Å². The summed E-state index contributed by atoms with van der Waals surface area (Å²) in [5.74, 6) is -0.131. The SMILES string of the molecule is OCCOc1cc(-c2ccc(C(F)(F)F)cc2)cc(C(F)(F)F)c1. The third kappa shape index (κ3) is 4.41. The van der Waals surface area contributed by atoms with Gasteiger partial charge in [0.05, 0.1) is 17.7 Å². The number of hydrogen-bond acceptors (Lipinski definition) is 2. The van der Waals surface area contributed by atoms with Gasteiger partial charge in [-0.15, -0.1) is 0 Å². The molecule has 0 spiro atoms. The molecule has 130 valence electrons. The van der Waals surface area contributed by atoms with E-state index in [0.717, 1.165) is 36.4 Å². The molecule has 2 rings (SSSR count). The fraction of sp³-hybridized carbons (Fsp3) is 0.250. The molecule has 0 fully saturated rings. The van der Waals surface area contributed by atoms with Crippen LogP contribution in [0.1, 0.15) is 11.1 Å². The van der Waals surface area contributed by atoms with Crippen LogP contribution in [0, 0.1) is 0 Å². The fourth-order valence-corrected chi connectivity index (χ4v) is 2.03. The number of aliphatic hydroxyl groups excluding tert-OH is 1. The second-order valence-corrected chi connectivity index (χ2v) is 4.89. The molecular formula is C16H12F6O2. The summed E-state index contributed by atoms with van der Waals surface area (Å²) in [7, 11) is 0. The number of aliphatic hydroxyl groups is 1. The number of benzene rings is 2. The minimum Gasteiger partial charge on any atom is -0.491 e. The Balaban J connectivity index is 2.44. The highest BCUT2D eigenvalue weighted by Crippen LogP contribution is 2.36. The first-order chi connectivity index (χ1) is 11.1. The first kappa shape index (κ1) is 18.1. The molecule has 0 atom stereocenters. The van der Waals surface area contributed by atoms with Gasteiger partial charge in [-0.1, -0.05) is 12.1 Å². The van der Waals surface area contributed by atoms with Crippen LogP contribution < -0.4 is 4.74 Å². The zero-order valence-electron chi connectivity index (χ0n) is 12.1. The van der Waals surface area contributed by atoms with E-state index >= 15 is 0 Å².